The Labute approximate surface area is 178 Å². The molecule has 0 unspecified atom stereocenters. The first-order chi connectivity index (χ1) is 14.9. The van der Waals surface area contributed by atoms with Gasteiger partial charge in [0.1, 0.15) is 0 Å². The number of para-hydroxylation sites is 1. The van der Waals surface area contributed by atoms with Gasteiger partial charge in [-0.05, 0) is 0 Å². The van der Waals surface area contributed by atoms with Crippen LogP contribution in [0.15, 0.2) is 97.2 Å². The number of pyridine rings is 1. The fraction of sp³-hybridized carbons (Fsp3) is 0. The molecule has 0 N–H and O–H groups in total. The van der Waals surface area contributed by atoms with E-state index in [9.17, 15) is 0 Å². The van der Waals surface area contributed by atoms with Gasteiger partial charge in [-0.2, -0.15) is 0 Å². The van der Waals surface area contributed by atoms with Gasteiger partial charge in [0.15, 0.2) is 0 Å². The van der Waals surface area contributed by atoms with E-state index in [4.69, 9.17) is 4.98 Å². The second-order valence-corrected chi connectivity index (χ2v) is 9.92. The minimum atomic E-state index is 0.327. The monoisotopic (exact) mass is 448 g/mol. The van der Waals surface area contributed by atoms with Gasteiger partial charge in [-0.15, -0.1) is 0 Å². The molecule has 3 heteroatoms. The third-order valence-electron chi connectivity index (χ3n) is 6.01. The van der Waals surface area contributed by atoms with E-state index in [1.54, 1.807) is 0 Å². The second kappa shape index (κ2) is 6.06. The van der Waals surface area contributed by atoms with Gasteiger partial charge in [0, 0.05) is 0 Å². The summed E-state index contributed by atoms with van der Waals surface area (Å²) in [6, 6.07) is 32.8. The summed E-state index contributed by atoms with van der Waals surface area (Å²) in [6.07, 6.45) is 2.02. The van der Waals surface area contributed by atoms with E-state index in [-0.39, 0.29) is 0 Å². The van der Waals surface area contributed by atoms with Crippen LogP contribution in [0.4, 0.5) is 0 Å². The number of aromatic nitrogens is 2. The van der Waals surface area contributed by atoms with Gasteiger partial charge in [-0.25, -0.2) is 0 Å². The molecule has 0 saturated heterocycles. The van der Waals surface area contributed by atoms with Gasteiger partial charge in [-0.3, -0.25) is 0 Å². The molecule has 0 aliphatic carbocycles. The molecule has 140 valence electrons. The van der Waals surface area contributed by atoms with Gasteiger partial charge in [0.25, 0.3) is 0 Å². The molecule has 30 heavy (non-hydrogen) atoms. The molecule has 0 fully saturated rings. The van der Waals surface area contributed by atoms with Gasteiger partial charge in [-0.1, -0.05) is 0 Å². The van der Waals surface area contributed by atoms with Crippen LogP contribution in [0.25, 0.3) is 57.7 Å². The topological polar surface area (TPSA) is 17.8 Å². The molecule has 2 nitrogen and oxygen atoms in total. The fourth-order valence-electron chi connectivity index (χ4n) is 4.77. The van der Waals surface area contributed by atoms with Crippen LogP contribution in [-0.4, -0.2) is 24.1 Å². The maximum atomic E-state index is 5.04. The first-order valence-electron chi connectivity index (χ1n) is 10.1. The molecule has 0 aliphatic heterocycles. The van der Waals surface area contributed by atoms with Crippen molar-refractivity contribution >= 4 is 66.5 Å². The predicted octanol–water partition coefficient (Wildman–Crippen LogP) is 6.70. The van der Waals surface area contributed by atoms with E-state index in [0.29, 0.717) is 14.5 Å². The van der Waals surface area contributed by atoms with Crippen LogP contribution in [-0.2, 0) is 0 Å². The van der Waals surface area contributed by atoms with Crippen molar-refractivity contribution in [1.82, 2.24) is 9.55 Å². The number of hydrogen-bond acceptors (Lipinski definition) is 1. The zero-order valence-electron chi connectivity index (χ0n) is 16.0. The molecule has 7 aromatic rings. The van der Waals surface area contributed by atoms with Crippen molar-refractivity contribution in [2.75, 3.05) is 0 Å². The van der Waals surface area contributed by atoms with Crippen LogP contribution in [0.3, 0.4) is 0 Å². The van der Waals surface area contributed by atoms with Crippen LogP contribution < -0.4 is 0 Å². The molecule has 0 amide bonds. The first-order valence-corrected chi connectivity index (χ1v) is 11.8. The van der Waals surface area contributed by atoms with Gasteiger partial charge in [0.2, 0.25) is 0 Å². The Morgan fingerprint density at radius 1 is 0.633 bits per heavy atom. The zero-order chi connectivity index (χ0) is 19.7. The summed E-state index contributed by atoms with van der Waals surface area (Å²) in [5.41, 5.74) is 4.65. The van der Waals surface area contributed by atoms with E-state index >= 15 is 0 Å². The molecule has 0 atom stereocenters. The Balaban J connectivity index is 1.94. The number of rotatable bonds is 1. The summed E-state index contributed by atoms with van der Waals surface area (Å²) < 4.78 is 5.34. The van der Waals surface area contributed by atoms with Crippen LogP contribution in [0.2, 0.25) is 0 Å². The first kappa shape index (κ1) is 16.4. The van der Waals surface area contributed by atoms with Gasteiger partial charge in [0.05, 0.1) is 0 Å². The maximum absolute atomic E-state index is 5.04. The van der Waals surface area contributed by atoms with Crippen LogP contribution in [0, 0.1) is 0 Å². The predicted molar refractivity (Wildman–Crippen MR) is 128 cm³/mol. The van der Waals surface area contributed by atoms with Crippen molar-refractivity contribution in [2.24, 2.45) is 0 Å². The molecule has 0 radical (unpaired) electrons. The Morgan fingerprint density at radius 3 is 2.27 bits per heavy atom. The SMILES string of the molecule is c1ccc(-n2c3cccc4[se]c5cccc(c6ncc7ccccc7c62)c5c43)cc1. The fourth-order valence-corrected chi connectivity index (χ4v) is 7.19. The Morgan fingerprint density at radius 2 is 1.37 bits per heavy atom. The Kier molecular flexibility index (Phi) is 3.31. The Bertz CT molecular complexity index is 1740. The van der Waals surface area contributed by atoms with Crippen molar-refractivity contribution in [3.05, 3.63) is 97.2 Å². The van der Waals surface area contributed by atoms with Crippen LogP contribution in [0.1, 0.15) is 0 Å². The quantitative estimate of drug-likeness (QED) is 0.256. The van der Waals surface area contributed by atoms with Crippen LogP contribution in [0.5, 0.6) is 0 Å². The summed E-state index contributed by atoms with van der Waals surface area (Å²) in [5.74, 6) is 0. The summed E-state index contributed by atoms with van der Waals surface area (Å²) in [4.78, 5) is 5.04. The third-order valence-corrected chi connectivity index (χ3v) is 8.36. The number of nitrogens with zero attached hydrogens (tertiary/aromatic N) is 2. The average Bonchev–Trinajstić information content (AvgIpc) is 3.13. The third kappa shape index (κ3) is 2.11. The number of benzene rings is 4. The van der Waals surface area contributed by atoms with E-state index in [0.717, 1.165) is 10.9 Å². The molecule has 3 aromatic heterocycles. The number of hydrogen-bond donors (Lipinski definition) is 0. The van der Waals surface area contributed by atoms with Crippen molar-refractivity contribution in [3.8, 4) is 5.69 Å². The summed E-state index contributed by atoms with van der Waals surface area (Å²) >= 11 is 0.327. The molecule has 0 bridgehead atoms. The summed E-state index contributed by atoms with van der Waals surface area (Å²) in [6.45, 7) is 0. The normalized spacial score (nSPS) is 12.0. The molecule has 4 aromatic carbocycles. The Hall–Kier alpha value is -3.39. The molecule has 3 heterocycles. The van der Waals surface area contributed by atoms with E-state index in [1.807, 2.05) is 6.20 Å². The molecule has 7 rings (SSSR count). The number of fused-ring (bicyclic) bond motifs is 4. The van der Waals surface area contributed by atoms with Crippen molar-refractivity contribution in [3.63, 3.8) is 0 Å². The second-order valence-electron chi connectivity index (χ2n) is 7.64. The van der Waals surface area contributed by atoms with Gasteiger partial charge < -0.3 is 0 Å². The van der Waals surface area contributed by atoms with E-state index in [2.05, 4.69) is 95.6 Å². The van der Waals surface area contributed by atoms with E-state index in [1.165, 1.54) is 46.8 Å². The van der Waals surface area contributed by atoms with Crippen molar-refractivity contribution in [2.45, 2.75) is 0 Å². The molecule has 0 spiro atoms. The average molecular weight is 447 g/mol. The van der Waals surface area contributed by atoms with Crippen molar-refractivity contribution in [1.29, 1.82) is 0 Å². The molecule has 0 aliphatic rings. The molecular weight excluding hydrogens is 431 g/mol. The van der Waals surface area contributed by atoms with Gasteiger partial charge >= 0.3 is 179 Å². The van der Waals surface area contributed by atoms with Crippen molar-refractivity contribution < 1.29 is 0 Å². The summed E-state index contributed by atoms with van der Waals surface area (Å²) in [7, 11) is 0. The minimum absolute atomic E-state index is 0.327. The van der Waals surface area contributed by atoms with E-state index < -0.39 is 0 Å². The zero-order valence-corrected chi connectivity index (χ0v) is 17.8. The molecule has 0 saturated carbocycles. The summed E-state index contributed by atoms with van der Waals surface area (Å²) in [5, 5.41) is 6.40. The molecular formula is C27H16N2Se. The van der Waals surface area contributed by atoms with Crippen LogP contribution >= 0.6 is 0 Å². The standard InChI is InChI=1S/C27H16N2Se/c1-2-9-18(10-3-1)29-21-13-7-15-23-25(21)24-20(12-6-14-22(24)30-23)26-27(29)19-11-5-4-8-17(19)16-28-26/h1-16H.